The van der Waals surface area contributed by atoms with Crippen LogP contribution in [0.4, 0.5) is 4.39 Å². The normalized spacial score (nSPS) is 14.5. The van der Waals surface area contributed by atoms with Crippen LogP contribution in [0.15, 0.2) is 18.2 Å². The van der Waals surface area contributed by atoms with Gasteiger partial charge >= 0.3 is 0 Å². The van der Waals surface area contributed by atoms with E-state index in [1.807, 2.05) is 0 Å². The Labute approximate surface area is 117 Å². The van der Waals surface area contributed by atoms with Crippen molar-refractivity contribution in [1.82, 2.24) is 0 Å². The van der Waals surface area contributed by atoms with Gasteiger partial charge in [-0.1, -0.05) is 29.3 Å². The summed E-state index contributed by atoms with van der Waals surface area (Å²) >= 11 is 11.9. The van der Waals surface area contributed by atoms with Crippen molar-refractivity contribution in [2.24, 2.45) is 5.73 Å². The van der Waals surface area contributed by atoms with Crippen molar-refractivity contribution in [3.8, 4) is 0 Å². The molecule has 0 aliphatic carbocycles. The van der Waals surface area contributed by atoms with E-state index in [2.05, 4.69) is 0 Å². The smallest absolute Gasteiger partial charge is 0.138 e. The molecule has 2 N–H and O–H groups in total. The Balaban J connectivity index is 2.81. The Bertz CT molecular complexity index is 389. The highest BCUT2D eigenvalue weighted by Crippen LogP contribution is 2.29. The molecular weight excluding hydrogens is 276 g/mol. The number of hydrogen-bond acceptors (Lipinski definition) is 2. The number of benzene rings is 1. The van der Waals surface area contributed by atoms with Crippen LogP contribution in [-0.2, 0) is 11.2 Å². The lowest BCUT2D eigenvalue weighted by Crippen LogP contribution is -2.32. The molecular formula is C13H18Cl2FNO. The maximum atomic E-state index is 14.7. The van der Waals surface area contributed by atoms with E-state index in [1.54, 1.807) is 18.2 Å². The highest BCUT2D eigenvalue weighted by atomic mass is 35.5. The van der Waals surface area contributed by atoms with Crippen molar-refractivity contribution in [2.45, 2.75) is 24.9 Å². The average molecular weight is 294 g/mol. The molecule has 2 nitrogen and oxygen atoms in total. The lowest BCUT2D eigenvalue weighted by molar-refractivity contribution is 0.0334. The first-order valence-corrected chi connectivity index (χ1v) is 6.58. The molecule has 0 saturated heterocycles. The van der Waals surface area contributed by atoms with E-state index >= 15 is 0 Å². The fraction of sp³-hybridized carbons (Fsp3) is 0.538. The fourth-order valence-corrected chi connectivity index (χ4v) is 2.37. The van der Waals surface area contributed by atoms with Gasteiger partial charge < -0.3 is 10.5 Å². The zero-order valence-electron chi connectivity index (χ0n) is 10.4. The van der Waals surface area contributed by atoms with Crippen molar-refractivity contribution in [3.63, 3.8) is 0 Å². The predicted octanol–water partition coefficient (Wildman–Crippen LogP) is 3.63. The van der Waals surface area contributed by atoms with Gasteiger partial charge in [0.2, 0.25) is 0 Å². The molecule has 1 rings (SSSR count). The fourth-order valence-electron chi connectivity index (χ4n) is 1.90. The quantitative estimate of drug-likeness (QED) is 0.833. The average Bonchev–Trinajstić information content (AvgIpc) is 2.31. The van der Waals surface area contributed by atoms with Crippen molar-refractivity contribution in [2.75, 3.05) is 20.3 Å². The van der Waals surface area contributed by atoms with Crippen LogP contribution in [0.25, 0.3) is 0 Å². The summed E-state index contributed by atoms with van der Waals surface area (Å²) < 4.78 is 19.6. The summed E-state index contributed by atoms with van der Waals surface area (Å²) in [5.74, 6) is 0. The molecule has 0 fully saturated rings. The highest BCUT2D eigenvalue weighted by Gasteiger charge is 2.30. The topological polar surface area (TPSA) is 35.2 Å². The van der Waals surface area contributed by atoms with E-state index in [0.29, 0.717) is 29.4 Å². The highest BCUT2D eigenvalue weighted by molar-refractivity contribution is 6.35. The van der Waals surface area contributed by atoms with E-state index in [9.17, 15) is 4.39 Å². The van der Waals surface area contributed by atoms with Gasteiger partial charge in [-0.3, -0.25) is 0 Å². The molecule has 0 radical (unpaired) electrons. The van der Waals surface area contributed by atoms with E-state index < -0.39 is 5.67 Å². The molecule has 0 saturated carbocycles. The summed E-state index contributed by atoms with van der Waals surface area (Å²) in [5, 5.41) is 1.02. The first kappa shape index (κ1) is 15.7. The van der Waals surface area contributed by atoms with E-state index in [1.165, 1.54) is 7.11 Å². The number of nitrogens with two attached hydrogens (primary N) is 1. The molecule has 18 heavy (non-hydrogen) atoms. The summed E-state index contributed by atoms with van der Waals surface area (Å²) in [5.41, 5.74) is 4.72. The van der Waals surface area contributed by atoms with Crippen LogP contribution in [0, 0.1) is 0 Å². The van der Waals surface area contributed by atoms with Crippen LogP contribution < -0.4 is 5.73 Å². The molecule has 0 heterocycles. The van der Waals surface area contributed by atoms with Gasteiger partial charge in [-0.2, -0.15) is 0 Å². The third kappa shape index (κ3) is 4.73. The van der Waals surface area contributed by atoms with Crippen molar-refractivity contribution in [3.05, 3.63) is 33.8 Å². The van der Waals surface area contributed by atoms with Gasteiger partial charge in [-0.25, -0.2) is 4.39 Å². The lowest BCUT2D eigenvalue weighted by Gasteiger charge is -2.25. The van der Waals surface area contributed by atoms with Crippen LogP contribution in [0.1, 0.15) is 18.4 Å². The minimum absolute atomic E-state index is 0.0337. The second kappa shape index (κ2) is 7.29. The molecule has 0 spiro atoms. The minimum atomic E-state index is -1.44. The largest absolute Gasteiger partial charge is 0.381 e. The maximum Gasteiger partial charge on any atom is 0.138 e. The molecule has 0 amide bonds. The van der Waals surface area contributed by atoms with Gasteiger partial charge in [0.1, 0.15) is 5.67 Å². The number of rotatable bonds is 7. The van der Waals surface area contributed by atoms with Gasteiger partial charge in [0.15, 0.2) is 0 Å². The summed E-state index contributed by atoms with van der Waals surface area (Å²) in [6.07, 6.45) is 1.18. The van der Waals surface area contributed by atoms with Crippen LogP contribution in [0.3, 0.4) is 0 Å². The zero-order valence-corrected chi connectivity index (χ0v) is 11.9. The van der Waals surface area contributed by atoms with Gasteiger partial charge in [0.05, 0.1) is 6.61 Å². The molecule has 1 aromatic carbocycles. The van der Waals surface area contributed by atoms with Gasteiger partial charge in [0, 0.05) is 23.6 Å². The predicted molar refractivity (Wildman–Crippen MR) is 74.2 cm³/mol. The molecule has 5 heteroatoms. The monoisotopic (exact) mass is 293 g/mol. The second-order valence-corrected chi connectivity index (χ2v) is 5.23. The molecule has 1 atom stereocenters. The van der Waals surface area contributed by atoms with Gasteiger partial charge in [0.25, 0.3) is 0 Å². The van der Waals surface area contributed by atoms with Crippen molar-refractivity contribution in [1.29, 1.82) is 0 Å². The Morgan fingerprint density at radius 1 is 1.39 bits per heavy atom. The van der Waals surface area contributed by atoms with E-state index in [4.69, 9.17) is 33.7 Å². The number of alkyl halides is 1. The molecule has 0 aliphatic rings. The molecule has 1 aromatic rings. The molecule has 0 aliphatic heterocycles. The third-order valence-corrected chi connectivity index (χ3v) is 3.34. The molecule has 0 bridgehead atoms. The molecule has 1 unspecified atom stereocenters. The van der Waals surface area contributed by atoms with Crippen molar-refractivity contribution < 1.29 is 9.13 Å². The molecule has 102 valence electrons. The van der Waals surface area contributed by atoms with E-state index in [-0.39, 0.29) is 13.0 Å². The number of hydrogen-bond donors (Lipinski definition) is 1. The zero-order chi connectivity index (χ0) is 13.6. The Morgan fingerprint density at radius 2 is 2.11 bits per heavy atom. The summed E-state index contributed by atoms with van der Waals surface area (Å²) in [4.78, 5) is 0. The summed E-state index contributed by atoms with van der Waals surface area (Å²) in [6, 6.07) is 5.07. The minimum Gasteiger partial charge on any atom is -0.381 e. The second-order valence-electron chi connectivity index (χ2n) is 4.39. The third-order valence-electron chi connectivity index (χ3n) is 2.75. The lowest BCUT2D eigenvalue weighted by atomic mass is 9.92. The number of ether oxygens (including phenoxy) is 1. The number of methoxy groups -OCH3 is 1. The molecule has 0 aromatic heterocycles. The Morgan fingerprint density at radius 3 is 2.67 bits per heavy atom. The maximum absolute atomic E-state index is 14.7. The Kier molecular flexibility index (Phi) is 6.36. The summed E-state index contributed by atoms with van der Waals surface area (Å²) in [7, 11) is 1.49. The van der Waals surface area contributed by atoms with Crippen LogP contribution in [0.2, 0.25) is 10.0 Å². The number of halogens is 3. The van der Waals surface area contributed by atoms with Crippen molar-refractivity contribution >= 4 is 23.2 Å². The van der Waals surface area contributed by atoms with Crippen LogP contribution in [-0.4, -0.2) is 25.9 Å². The first-order valence-electron chi connectivity index (χ1n) is 5.82. The SMILES string of the molecule is COCC(F)(CCCN)Cc1ccc(Cl)cc1Cl. The standard InChI is InChI=1S/C13H18Cl2FNO/c1-18-9-13(16,5-2-6-17)8-10-3-4-11(14)7-12(10)15/h3-4,7H,2,5-6,8-9,17H2,1H3. The Hall–Kier alpha value is -0.350. The van der Waals surface area contributed by atoms with E-state index in [0.717, 1.165) is 5.56 Å². The van der Waals surface area contributed by atoms with Gasteiger partial charge in [-0.05, 0) is 37.1 Å². The van der Waals surface area contributed by atoms with Crippen LogP contribution in [0.5, 0.6) is 0 Å². The summed E-state index contributed by atoms with van der Waals surface area (Å²) in [6.45, 7) is 0.496. The van der Waals surface area contributed by atoms with Gasteiger partial charge in [-0.15, -0.1) is 0 Å². The first-order chi connectivity index (χ1) is 8.50. The van der Waals surface area contributed by atoms with Crippen LogP contribution >= 0.6 is 23.2 Å².